The molecule has 1 heterocycles. The van der Waals surface area contributed by atoms with Crippen LogP contribution in [0.25, 0.3) is 0 Å². The van der Waals surface area contributed by atoms with Crippen LogP contribution in [0.3, 0.4) is 0 Å². The minimum atomic E-state index is -0.313. The predicted octanol–water partition coefficient (Wildman–Crippen LogP) is 1.47. The van der Waals surface area contributed by atoms with E-state index in [0.29, 0.717) is 11.8 Å². The van der Waals surface area contributed by atoms with E-state index in [-0.39, 0.29) is 17.9 Å². The highest BCUT2D eigenvalue weighted by Gasteiger charge is 2.33. The molecule has 0 aromatic heterocycles. The van der Waals surface area contributed by atoms with Crippen molar-refractivity contribution in [3.8, 4) is 0 Å². The number of carbonyl (C=O) groups excluding carboxylic acids is 1. The monoisotopic (exact) mass is 212 g/mol. The Morgan fingerprint density at radius 3 is 2.27 bits per heavy atom. The van der Waals surface area contributed by atoms with Crippen LogP contribution in [-0.2, 0) is 4.79 Å². The van der Waals surface area contributed by atoms with Crippen LogP contribution in [-0.4, -0.2) is 29.9 Å². The largest absolute Gasteiger partial charge is 0.341 e. The van der Waals surface area contributed by atoms with E-state index < -0.39 is 0 Å². The number of nitrogens with two attached hydrogens (primary N) is 1. The molecule has 4 atom stereocenters. The lowest BCUT2D eigenvalue weighted by Gasteiger charge is -2.24. The Morgan fingerprint density at radius 2 is 1.87 bits per heavy atom. The van der Waals surface area contributed by atoms with Gasteiger partial charge in [0.05, 0.1) is 6.04 Å². The molecule has 1 fully saturated rings. The van der Waals surface area contributed by atoms with E-state index in [1.54, 1.807) is 0 Å². The summed E-state index contributed by atoms with van der Waals surface area (Å²) in [6, 6.07) is -0.313. The summed E-state index contributed by atoms with van der Waals surface area (Å²) in [6.45, 7) is 10.3. The fourth-order valence-electron chi connectivity index (χ4n) is 2.02. The number of hydrogen-bond donors (Lipinski definition) is 1. The summed E-state index contributed by atoms with van der Waals surface area (Å²) in [4.78, 5) is 14.0. The summed E-state index contributed by atoms with van der Waals surface area (Å²) in [6.07, 6.45) is 0.964. The Balaban J connectivity index is 2.54. The molecule has 2 N–H and O–H groups in total. The highest BCUT2D eigenvalue weighted by molar-refractivity contribution is 5.82. The molecule has 0 aromatic rings. The quantitative estimate of drug-likeness (QED) is 0.770. The molecule has 15 heavy (non-hydrogen) atoms. The van der Waals surface area contributed by atoms with Crippen molar-refractivity contribution in [3.63, 3.8) is 0 Å². The lowest BCUT2D eigenvalue weighted by atomic mass is 9.99. The van der Waals surface area contributed by atoms with Gasteiger partial charge in [-0.25, -0.2) is 0 Å². The zero-order chi connectivity index (χ0) is 11.6. The van der Waals surface area contributed by atoms with Gasteiger partial charge in [0.15, 0.2) is 0 Å². The second-order valence-corrected chi connectivity index (χ2v) is 5.11. The molecule has 1 saturated heterocycles. The first-order chi connectivity index (χ1) is 6.97. The van der Waals surface area contributed by atoms with Crippen LogP contribution in [0.2, 0.25) is 0 Å². The summed E-state index contributed by atoms with van der Waals surface area (Å²) in [5.41, 5.74) is 5.95. The maximum atomic E-state index is 12.0. The molecule has 2 unspecified atom stereocenters. The van der Waals surface area contributed by atoms with Crippen molar-refractivity contribution < 1.29 is 4.79 Å². The topological polar surface area (TPSA) is 46.3 Å². The van der Waals surface area contributed by atoms with Gasteiger partial charge in [0, 0.05) is 13.1 Å². The number of likely N-dealkylation sites (tertiary alicyclic amines) is 1. The molecule has 0 aromatic carbocycles. The Kier molecular flexibility index (Phi) is 4.14. The summed E-state index contributed by atoms with van der Waals surface area (Å²) in [5.74, 6) is 1.64. The first-order valence-corrected chi connectivity index (χ1v) is 6.01. The van der Waals surface area contributed by atoms with Gasteiger partial charge in [0.1, 0.15) is 0 Å². The molecule has 1 aliphatic heterocycles. The molecule has 3 nitrogen and oxygen atoms in total. The van der Waals surface area contributed by atoms with Gasteiger partial charge < -0.3 is 10.6 Å². The SMILES string of the molecule is CC[C@H](C)[C@H](N)C(=O)N1CC(C)C(C)C1. The van der Waals surface area contributed by atoms with Crippen molar-refractivity contribution in [2.24, 2.45) is 23.5 Å². The Labute approximate surface area is 93.0 Å². The Bertz CT molecular complexity index is 220. The lowest BCUT2D eigenvalue weighted by Crippen LogP contribution is -2.46. The smallest absolute Gasteiger partial charge is 0.239 e. The molecular weight excluding hydrogens is 188 g/mol. The molecular formula is C12H24N2O. The van der Waals surface area contributed by atoms with Crippen LogP contribution in [0.4, 0.5) is 0 Å². The van der Waals surface area contributed by atoms with Gasteiger partial charge in [0.2, 0.25) is 5.91 Å². The molecule has 3 heteroatoms. The van der Waals surface area contributed by atoms with Gasteiger partial charge in [-0.1, -0.05) is 34.1 Å². The van der Waals surface area contributed by atoms with E-state index >= 15 is 0 Å². The van der Waals surface area contributed by atoms with Crippen molar-refractivity contribution in [2.75, 3.05) is 13.1 Å². The van der Waals surface area contributed by atoms with E-state index in [2.05, 4.69) is 20.8 Å². The van der Waals surface area contributed by atoms with Crippen LogP contribution in [0.5, 0.6) is 0 Å². The highest BCUT2D eigenvalue weighted by Crippen LogP contribution is 2.23. The maximum absolute atomic E-state index is 12.0. The average Bonchev–Trinajstić information content (AvgIpc) is 2.56. The van der Waals surface area contributed by atoms with Gasteiger partial charge in [-0.3, -0.25) is 4.79 Å². The number of carbonyl (C=O) groups is 1. The summed E-state index contributed by atoms with van der Waals surface area (Å²) >= 11 is 0. The fourth-order valence-corrected chi connectivity index (χ4v) is 2.02. The van der Waals surface area contributed by atoms with E-state index in [0.717, 1.165) is 19.5 Å². The summed E-state index contributed by atoms with van der Waals surface area (Å²) in [5, 5.41) is 0. The molecule has 1 aliphatic rings. The minimum absolute atomic E-state index is 0.139. The average molecular weight is 212 g/mol. The fraction of sp³-hybridized carbons (Fsp3) is 0.917. The van der Waals surface area contributed by atoms with Gasteiger partial charge in [-0.05, 0) is 17.8 Å². The van der Waals surface area contributed by atoms with Crippen molar-refractivity contribution >= 4 is 5.91 Å². The second-order valence-electron chi connectivity index (χ2n) is 5.11. The predicted molar refractivity (Wildman–Crippen MR) is 62.3 cm³/mol. The zero-order valence-electron chi connectivity index (χ0n) is 10.4. The maximum Gasteiger partial charge on any atom is 0.239 e. The second kappa shape index (κ2) is 4.97. The van der Waals surface area contributed by atoms with Crippen molar-refractivity contribution in [1.82, 2.24) is 4.90 Å². The van der Waals surface area contributed by atoms with Crippen LogP contribution < -0.4 is 5.73 Å². The number of hydrogen-bond acceptors (Lipinski definition) is 2. The van der Waals surface area contributed by atoms with E-state index in [1.165, 1.54) is 0 Å². The van der Waals surface area contributed by atoms with Gasteiger partial charge in [-0.15, -0.1) is 0 Å². The standard InChI is InChI=1S/C12H24N2O/c1-5-8(2)11(13)12(15)14-6-9(3)10(4)7-14/h8-11H,5-7,13H2,1-4H3/t8-,9?,10?,11-/m0/s1. The van der Waals surface area contributed by atoms with Crippen LogP contribution in [0.1, 0.15) is 34.1 Å². The van der Waals surface area contributed by atoms with Crippen LogP contribution >= 0.6 is 0 Å². The molecule has 0 bridgehead atoms. The molecule has 0 radical (unpaired) electrons. The summed E-state index contributed by atoms with van der Waals surface area (Å²) in [7, 11) is 0. The lowest BCUT2D eigenvalue weighted by molar-refractivity contribution is -0.132. The summed E-state index contributed by atoms with van der Waals surface area (Å²) < 4.78 is 0. The molecule has 1 rings (SSSR count). The number of rotatable bonds is 3. The van der Waals surface area contributed by atoms with E-state index in [1.807, 2.05) is 11.8 Å². The Morgan fingerprint density at radius 1 is 1.40 bits per heavy atom. The van der Waals surface area contributed by atoms with Gasteiger partial charge in [-0.2, -0.15) is 0 Å². The zero-order valence-corrected chi connectivity index (χ0v) is 10.4. The van der Waals surface area contributed by atoms with Crippen LogP contribution in [0, 0.1) is 17.8 Å². The molecule has 88 valence electrons. The van der Waals surface area contributed by atoms with Gasteiger partial charge in [0.25, 0.3) is 0 Å². The first-order valence-electron chi connectivity index (χ1n) is 6.01. The van der Waals surface area contributed by atoms with Gasteiger partial charge >= 0.3 is 0 Å². The van der Waals surface area contributed by atoms with Crippen molar-refractivity contribution in [1.29, 1.82) is 0 Å². The third kappa shape index (κ3) is 2.71. The van der Waals surface area contributed by atoms with E-state index in [9.17, 15) is 4.79 Å². The minimum Gasteiger partial charge on any atom is -0.341 e. The number of nitrogens with zero attached hydrogens (tertiary/aromatic N) is 1. The van der Waals surface area contributed by atoms with Crippen molar-refractivity contribution in [3.05, 3.63) is 0 Å². The Hall–Kier alpha value is -0.570. The molecule has 0 saturated carbocycles. The third-order valence-electron chi connectivity index (χ3n) is 3.84. The first kappa shape index (κ1) is 12.5. The molecule has 1 amide bonds. The highest BCUT2D eigenvalue weighted by atomic mass is 16.2. The van der Waals surface area contributed by atoms with E-state index in [4.69, 9.17) is 5.73 Å². The number of amides is 1. The normalized spacial score (nSPS) is 30.3. The molecule has 0 aliphatic carbocycles. The van der Waals surface area contributed by atoms with Crippen molar-refractivity contribution in [2.45, 2.75) is 40.2 Å². The molecule has 0 spiro atoms. The van der Waals surface area contributed by atoms with Crippen LogP contribution in [0.15, 0.2) is 0 Å². The third-order valence-corrected chi connectivity index (χ3v) is 3.84.